The molecule has 1 aliphatic rings. The average molecular weight is 228 g/mol. The fourth-order valence-corrected chi connectivity index (χ4v) is 2.05. The van der Waals surface area contributed by atoms with Gasteiger partial charge >= 0.3 is 5.97 Å². The zero-order valence-electron chi connectivity index (χ0n) is 9.98. The van der Waals surface area contributed by atoms with Crippen LogP contribution in [0.15, 0.2) is 0 Å². The summed E-state index contributed by atoms with van der Waals surface area (Å²) in [6, 6.07) is 0. The highest BCUT2D eigenvalue weighted by Gasteiger charge is 2.29. The molecule has 5 nitrogen and oxygen atoms in total. The van der Waals surface area contributed by atoms with Crippen molar-refractivity contribution in [1.29, 1.82) is 0 Å². The van der Waals surface area contributed by atoms with Crippen molar-refractivity contribution >= 4 is 11.9 Å². The van der Waals surface area contributed by atoms with Crippen molar-refractivity contribution in [3.05, 3.63) is 0 Å². The molecule has 1 aliphatic heterocycles. The molecule has 0 saturated carbocycles. The number of hydrogen-bond donors (Lipinski definition) is 1. The molecule has 1 N–H and O–H groups in total. The van der Waals surface area contributed by atoms with Gasteiger partial charge in [0.25, 0.3) is 0 Å². The van der Waals surface area contributed by atoms with Gasteiger partial charge in [0, 0.05) is 19.6 Å². The van der Waals surface area contributed by atoms with Crippen LogP contribution in [-0.2, 0) is 9.59 Å². The summed E-state index contributed by atoms with van der Waals surface area (Å²) in [6.07, 6.45) is 0.918. The van der Waals surface area contributed by atoms with Crippen LogP contribution >= 0.6 is 0 Å². The molecule has 0 aromatic carbocycles. The monoisotopic (exact) mass is 228 g/mol. The number of rotatable bonds is 5. The van der Waals surface area contributed by atoms with E-state index >= 15 is 0 Å². The SMILES string of the molecule is CCN(CCC(=O)O)C(=O)C1CCN(C)C1. The van der Waals surface area contributed by atoms with E-state index in [1.807, 2.05) is 14.0 Å². The molecule has 1 saturated heterocycles. The van der Waals surface area contributed by atoms with Gasteiger partial charge in [-0.15, -0.1) is 0 Å². The van der Waals surface area contributed by atoms with Crippen molar-refractivity contribution in [2.75, 3.05) is 33.2 Å². The number of carbonyl (C=O) groups is 2. The number of hydrogen-bond acceptors (Lipinski definition) is 3. The molecule has 1 atom stereocenters. The summed E-state index contributed by atoms with van der Waals surface area (Å²) in [4.78, 5) is 26.3. The van der Waals surface area contributed by atoms with E-state index in [1.165, 1.54) is 0 Å². The van der Waals surface area contributed by atoms with Gasteiger partial charge in [-0.3, -0.25) is 9.59 Å². The fraction of sp³-hybridized carbons (Fsp3) is 0.818. The summed E-state index contributed by atoms with van der Waals surface area (Å²) in [6.45, 7) is 4.55. The van der Waals surface area contributed by atoms with Crippen molar-refractivity contribution in [2.24, 2.45) is 5.92 Å². The maximum Gasteiger partial charge on any atom is 0.305 e. The number of carbonyl (C=O) groups excluding carboxylic acids is 1. The van der Waals surface area contributed by atoms with Crippen LogP contribution in [0.5, 0.6) is 0 Å². The standard InChI is InChI=1S/C11H20N2O3/c1-3-13(7-5-10(14)15)11(16)9-4-6-12(2)8-9/h9H,3-8H2,1-2H3,(H,14,15). The summed E-state index contributed by atoms with van der Waals surface area (Å²) in [5.74, 6) is -0.693. The second kappa shape index (κ2) is 5.84. The van der Waals surface area contributed by atoms with Crippen molar-refractivity contribution in [3.63, 3.8) is 0 Å². The average Bonchev–Trinajstić information content (AvgIpc) is 2.65. The minimum Gasteiger partial charge on any atom is -0.481 e. The molecule has 92 valence electrons. The molecule has 0 aromatic rings. The van der Waals surface area contributed by atoms with Crippen LogP contribution in [0.3, 0.4) is 0 Å². The number of nitrogens with zero attached hydrogens (tertiary/aromatic N) is 2. The Kier molecular flexibility index (Phi) is 4.73. The van der Waals surface area contributed by atoms with Gasteiger partial charge in [-0.2, -0.15) is 0 Å². The first kappa shape index (κ1) is 13.0. The third kappa shape index (κ3) is 3.48. The Morgan fingerprint density at radius 3 is 2.62 bits per heavy atom. The first-order valence-corrected chi connectivity index (χ1v) is 5.73. The van der Waals surface area contributed by atoms with Crippen molar-refractivity contribution < 1.29 is 14.7 Å². The fourth-order valence-electron chi connectivity index (χ4n) is 2.05. The van der Waals surface area contributed by atoms with E-state index in [1.54, 1.807) is 4.90 Å². The minimum absolute atomic E-state index is 0.0299. The molecule has 1 fully saturated rings. The molecule has 0 bridgehead atoms. The summed E-state index contributed by atoms with van der Waals surface area (Å²) in [5.41, 5.74) is 0. The number of amides is 1. The van der Waals surface area contributed by atoms with Gasteiger partial charge in [-0.25, -0.2) is 0 Å². The topological polar surface area (TPSA) is 60.9 Å². The highest BCUT2D eigenvalue weighted by Crippen LogP contribution is 2.17. The zero-order chi connectivity index (χ0) is 12.1. The number of likely N-dealkylation sites (tertiary alicyclic amines) is 1. The maximum absolute atomic E-state index is 12.0. The van der Waals surface area contributed by atoms with E-state index in [4.69, 9.17) is 5.11 Å². The molecule has 0 radical (unpaired) electrons. The van der Waals surface area contributed by atoms with Gasteiger partial charge in [0.15, 0.2) is 0 Å². The van der Waals surface area contributed by atoms with Crippen LogP contribution in [0, 0.1) is 5.92 Å². The number of carboxylic acid groups (broad SMARTS) is 1. The lowest BCUT2D eigenvalue weighted by Gasteiger charge is -2.23. The molecule has 5 heteroatoms. The zero-order valence-corrected chi connectivity index (χ0v) is 9.98. The lowest BCUT2D eigenvalue weighted by Crippen LogP contribution is -2.38. The smallest absolute Gasteiger partial charge is 0.305 e. The Labute approximate surface area is 96.0 Å². The molecule has 1 heterocycles. The number of carboxylic acids is 1. The molecule has 1 amide bonds. The van der Waals surface area contributed by atoms with Crippen molar-refractivity contribution in [2.45, 2.75) is 19.8 Å². The second-order valence-corrected chi connectivity index (χ2v) is 4.31. The molecule has 1 rings (SSSR count). The summed E-state index contributed by atoms with van der Waals surface area (Å²) in [7, 11) is 2.00. The van der Waals surface area contributed by atoms with E-state index in [2.05, 4.69) is 4.90 Å². The quantitative estimate of drug-likeness (QED) is 0.733. The van der Waals surface area contributed by atoms with Gasteiger partial charge < -0.3 is 14.9 Å². The molecule has 16 heavy (non-hydrogen) atoms. The predicted octanol–water partition coefficient (Wildman–Crippen LogP) is 0.261. The van der Waals surface area contributed by atoms with E-state index in [0.29, 0.717) is 13.1 Å². The van der Waals surface area contributed by atoms with Crippen LogP contribution in [-0.4, -0.2) is 60.0 Å². The largest absolute Gasteiger partial charge is 0.481 e. The van der Waals surface area contributed by atoms with Crippen LogP contribution in [0.2, 0.25) is 0 Å². The second-order valence-electron chi connectivity index (χ2n) is 4.31. The van der Waals surface area contributed by atoms with Crippen LogP contribution < -0.4 is 0 Å². The molecular weight excluding hydrogens is 208 g/mol. The Balaban J connectivity index is 2.45. The van der Waals surface area contributed by atoms with Crippen LogP contribution in [0.4, 0.5) is 0 Å². The first-order chi connectivity index (χ1) is 7.54. The minimum atomic E-state index is -0.852. The maximum atomic E-state index is 12.0. The normalized spacial score (nSPS) is 21.0. The van der Waals surface area contributed by atoms with Crippen molar-refractivity contribution in [1.82, 2.24) is 9.80 Å². The van der Waals surface area contributed by atoms with Gasteiger partial charge in [0.2, 0.25) is 5.91 Å². The summed E-state index contributed by atoms with van der Waals surface area (Å²) >= 11 is 0. The molecule has 0 aliphatic carbocycles. The van der Waals surface area contributed by atoms with E-state index in [9.17, 15) is 9.59 Å². The third-order valence-corrected chi connectivity index (χ3v) is 3.03. The molecule has 0 spiro atoms. The van der Waals surface area contributed by atoms with Gasteiger partial charge in [0.05, 0.1) is 12.3 Å². The molecule has 0 aromatic heterocycles. The van der Waals surface area contributed by atoms with E-state index < -0.39 is 5.97 Å². The Bertz CT molecular complexity index is 268. The van der Waals surface area contributed by atoms with Crippen LogP contribution in [0.1, 0.15) is 19.8 Å². The first-order valence-electron chi connectivity index (χ1n) is 5.73. The Morgan fingerprint density at radius 1 is 1.50 bits per heavy atom. The third-order valence-electron chi connectivity index (χ3n) is 3.03. The van der Waals surface area contributed by atoms with E-state index in [0.717, 1.165) is 19.5 Å². The highest BCUT2D eigenvalue weighted by atomic mass is 16.4. The predicted molar refractivity (Wildman–Crippen MR) is 60.1 cm³/mol. The number of aliphatic carboxylic acids is 1. The van der Waals surface area contributed by atoms with Gasteiger partial charge in [-0.1, -0.05) is 0 Å². The van der Waals surface area contributed by atoms with Crippen molar-refractivity contribution in [3.8, 4) is 0 Å². The van der Waals surface area contributed by atoms with E-state index in [-0.39, 0.29) is 18.2 Å². The summed E-state index contributed by atoms with van der Waals surface area (Å²) < 4.78 is 0. The Morgan fingerprint density at radius 2 is 2.19 bits per heavy atom. The highest BCUT2D eigenvalue weighted by molar-refractivity contribution is 5.80. The van der Waals surface area contributed by atoms with Gasteiger partial charge in [-0.05, 0) is 26.9 Å². The van der Waals surface area contributed by atoms with Gasteiger partial charge in [0.1, 0.15) is 0 Å². The lowest BCUT2D eigenvalue weighted by molar-refractivity contribution is -0.139. The summed E-state index contributed by atoms with van der Waals surface area (Å²) in [5, 5.41) is 8.60. The Hall–Kier alpha value is -1.10. The molecular formula is C11H20N2O3. The lowest BCUT2D eigenvalue weighted by atomic mass is 10.1. The molecule has 1 unspecified atom stereocenters. The van der Waals surface area contributed by atoms with Crippen LogP contribution in [0.25, 0.3) is 0 Å².